The van der Waals surface area contributed by atoms with Gasteiger partial charge >= 0.3 is 0 Å². The van der Waals surface area contributed by atoms with Gasteiger partial charge in [0.15, 0.2) is 17.3 Å². The average molecular weight is 505 g/mol. The summed E-state index contributed by atoms with van der Waals surface area (Å²) >= 11 is 0. The molecule has 1 N–H and O–H groups in total. The maximum absolute atomic E-state index is 13.6. The molecule has 0 aliphatic carbocycles. The van der Waals surface area contributed by atoms with Gasteiger partial charge in [0.2, 0.25) is 0 Å². The minimum Gasteiger partial charge on any atom is -0.493 e. The van der Waals surface area contributed by atoms with Crippen LogP contribution in [0.1, 0.15) is 42.8 Å². The van der Waals surface area contributed by atoms with E-state index in [1.165, 1.54) is 0 Å². The summed E-state index contributed by atoms with van der Waals surface area (Å²) in [6.45, 7) is 4.66. The first kappa shape index (κ1) is 24.9. The number of nitrogens with zero attached hydrogens (tertiary/aromatic N) is 5. The molecular weight excluding hydrogens is 472 g/mol. The molecule has 37 heavy (non-hydrogen) atoms. The lowest BCUT2D eigenvalue weighted by Crippen LogP contribution is -2.35. The third kappa shape index (κ3) is 5.21. The van der Waals surface area contributed by atoms with Crippen LogP contribution in [-0.2, 0) is 17.8 Å². The van der Waals surface area contributed by atoms with Crippen molar-refractivity contribution < 1.29 is 14.2 Å². The Balaban J connectivity index is 1.63. The van der Waals surface area contributed by atoms with Gasteiger partial charge in [-0.1, -0.05) is 37.3 Å². The Morgan fingerprint density at radius 3 is 2.65 bits per heavy atom. The second-order valence-corrected chi connectivity index (χ2v) is 9.15. The van der Waals surface area contributed by atoms with Gasteiger partial charge in [-0.2, -0.15) is 0 Å². The molecule has 10 nitrogen and oxygen atoms in total. The van der Waals surface area contributed by atoms with Crippen molar-refractivity contribution in [1.29, 1.82) is 0 Å². The molecule has 0 saturated carbocycles. The molecule has 1 aliphatic rings. The lowest BCUT2D eigenvalue weighted by atomic mass is 10.0. The summed E-state index contributed by atoms with van der Waals surface area (Å²) in [6, 6.07) is 15.3. The molecule has 194 valence electrons. The van der Waals surface area contributed by atoms with Crippen LogP contribution in [0.25, 0.3) is 10.9 Å². The molecule has 1 saturated heterocycles. The average Bonchev–Trinajstić information content (AvgIpc) is 3.61. The van der Waals surface area contributed by atoms with Gasteiger partial charge < -0.3 is 19.2 Å². The summed E-state index contributed by atoms with van der Waals surface area (Å²) in [4.78, 5) is 18.9. The number of methoxy groups -OCH3 is 2. The van der Waals surface area contributed by atoms with Crippen LogP contribution in [0.2, 0.25) is 0 Å². The fourth-order valence-corrected chi connectivity index (χ4v) is 4.97. The van der Waals surface area contributed by atoms with Crippen molar-refractivity contribution in [1.82, 2.24) is 30.1 Å². The molecule has 1 aliphatic heterocycles. The van der Waals surface area contributed by atoms with Crippen LogP contribution < -0.4 is 15.0 Å². The highest BCUT2D eigenvalue weighted by molar-refractivity contribution is 5.83. The molecule has 2 atom stereocenters. The van der Waals surface area contributed by atoms with Crippen LogP contribution in [0.4, 0.5) is 0 Å². The van der Waals surface area contributed by atoms with E-state index in [2.05, 4.69) is 44.5 Å². The zero-order valence-electron chi connectivity index (χ0n) is 21.4. The van der Waals surface area contributed by atoms with Crippen molar-refractivity contribution in [2.24, 2.45) is 0 Å². The van der Waals surface area contributed by atoms with E-state index >= 15 is 0 Å². The van der Waals surface area contributed by atoms with Gasteiger partial charge in [-0.15, -0.1) is 5.10 Å². The number of tetrazole rings is 1. The van der Waals surface area contributed by atoms with E-state index in [4.69, 9.17) is 14.2 Å². The Bertz CT molecular complexity index is 1400. The largest absolute Gasteiger partial charge is 0.493 e. The minimum absolute atomic E-state index is 0.0544. The number of hydrogen-bond donors (Lipinski definition) is 1. The van der Waals surface area contributed by atoms with Crippen LogP contribution in [-0.4, -0.2) is 63.6 Å². The Morgan fingerprint density at radius 2 is 1.95 bits per heavy atom. The molecule has 0 bridgehead atoms. The number of nitrogens with one attached hydrogen (secondary N) is 1. The zero-order chi connectivity index (χ0) is 25.8. The summed E-state index contributed by atoms with van der Waals surface area (Å²) in [5.41, 5.74) is 2.15. The predicted octanol–water partition coefficient (Wildman–Crippen LogP) is 3.32. The van der Waals surface area contributed by atoms with Crippen LogP contribution in [0.15, 0.2) is 53.3 Å². The summed E-state index contributed by atoms with van der Waals surface area (Å²) in [7, 11) is 3.17. The van der Waals surface area contributed by atoms with Gasteiger partial charge in [-0.05, 0) is 47.5 Å². The number of pyridine rings is 1. The van der Waals surface area contributed by atoms with Crippen LogP contribution in [0, 0.1) is 0 Å². The number of benzene rings is 2. The zero-order valence-corrected chi connectivity index (χ0v) is 21.4. The van der Waals surface area contributed by atoms with Gasteiger partial charge in [0.1, 0.15) is 6.04 Å². The standard InChI is InChI=1S/C27H32N6O4/c1-4-32(16-18-9-6-5-7-10-18)25(26-29-30-31-33(26)17-20-11-8-12-37-20)21-13-19-14-23(35-2)24(36-3)15-22(19)28-27(21)34/h5-7,9-10,13-15,20,25H,4,8,11-12,16-17H2,1-3H3,(H,28,34)/t20-,25-/m0/s1. The van der Waals surface area contributed by atoms with E-state index in [0.29, 0.717) is 48.0 Å². The molecule has 10 heteroatoms. The van der Waals surface area contributed by atoms with Gasteiger partial charge in [0, 0.05) is 30.2 Å². The Hall–Kier alpha value is -3.76. The minimum atomic E-state index is -0.483. The first-order valence-electron chi connectivity index (χ1n) is 12.6. The molecule has 1 fully saturated rings. The van der Waals surface area contributed by atoms with E-state index in [0.717, 1.165) is 30.4 Å². The van der Waals surface area contributed by atoms with Crippen molar-refractivity contribution in [3.8, 4) is 11.5 Å². The SMILES string of the molecule is CCN(Cc1ccccc1)[C@@H](c1cc2cc(OC)c(OC)cc2[nH]c1=O)c1nnnn1C[C@@H]1CCCO1. The lowest BCUT2D eigenvalue weighted by molar-refractivity contribution is 0.0907. The van der Waals surface area contributed by atoms with E-state index < -0.39 is 6.04 Å². The number of fused-ring (bicyclic) bond motifs is 1. The smallest absolute Gasteiger partial charge is 0.253 e. The van der Waals surface area contributed by atoms with Crippen molar-refractivity contribution in [3.63, 3.8) is 0 Å². The Kier molecular flexibility index (Phi) is 7.47. The maximum atomic E-state index is 13.6. The molecule has 2 aromatic carbocycles. The number of aromatic nitrogens is 5. The molecule has 0 amide bonds. The van der Waals surface area contributed by atoms with Crippen LogP contribution in [0.3, 0.4) is 0 Å². The van der Waals surface area contributed by atoms with Gasteiger partial charge in [-0.3, -0.25) is 9.69 Å². The second kappa shape index (κ2) is 11.1. The molecular formula is C27H32N6O4. The quantitative estimate of drug-likeness (QED) is 0.351. The molecule has 5 rings (SSSR count). The summed E-state index contributed by atoms with van der Waals surface area (Å²) in [5, 5.41) is 13.6. The van der Waals surface area contributed by atoms with Crippen molar-refractivity contribution in [2.45, 2.75) is 45.0 Å². The lowest BCUT2D eigenvalue weighted by Gasteiger charge is -2.30. The van der Waals surface area contributed by atoms with E-state index in [-0.39, 0.29) is 11.7 Å². The van der Waals surface area contributed by atoms with Gasteiger partial charge in [0.05, 0.1) is 32.4 Å². The molecule has 3 heterocycles. The Morgan fingerprint density at radius 1 is 1.16 bits per heavy atom. The van der Waals surface area contributed by atoms with E-state index in [9.17, 15) is 4.79 Å². The van der Waals surface area contributed by atoms with Gasteiger partial charge in [-0.25, -0.2) is 4.68 Å². The van der Waals surface area contributed by atoms with Crippen LogP contribution >= 0.6 is 0 Å². The van der Waals surface area contributed by atoms with Crippen molar-refractivity contribution in [3.05, 3.63) is 75.8 Å². The molecule has 4 aromatic rings. The third-order valence-corrected chi connectivity index (χ3v) is 6.88. The second-order valence-electron chi connectivity index (χ2n) is 9.15. The first-order valence-corrected chi connectivity index (χ1v) is 12.6. The summed E-state index contributed by atoms with van der Waals surface area (Å²) < 4.78 is 18.6. The molecule has 0 unspecified atom stereocenters. The fourth-order valence-electron chi connectivity index (χ4n) is 4.97. The first-order chi connectivity index (χ1) is 18.1. The normalized spacial score (nSPS) is 16.4. The van der Waals surface area contributed by atoms with Crippen molar-refractivity contribution >= 4 is 10.9 Å². The van der Waals surface area contributed by atoms with E-state index in [1.54, 1.807) is 25.0 Å². The van der Waals surface area contributed by atoms with Crippen molar-refractivity contribution in [2.75, 3.05) is 27.4 Å². The maximum Gasteiger partial charge on any atom is 0.253 e. The molecule has 2 aromatic heterocycles. The highest BCUT2D eigenvalue weighted by Crippen LogP contribution is 2.33. The monoisotopic (exact) mass is 504 g/mol. The molecule has 0 spiro atoms. The third-order valence-electron chi connectivity index (χ3n) is 6.88. The Labute approximate surface area is 215 Å². The fraction of sp³-hybridized carbons (Fsp3) is 0.407. The number of rotatable bonds is 10. The van der Waals surface area contributed by atoms with Crippen LogP contribution in [0.5, 0.6) is 11.5 Å². The summed E-state index contributed by atoms with van der Waals surface area (Å²) in [6.07, 6.45) is 2.04. The number of aromatic amines is 1. The number of hydrogen-bond acceptors (Lipinski definition) is 8. The van der Waals surface area contributed by atoms with Gasteiger partial charge in [0.25, 0.3) is 5.56 Å². The van der Waals surface area contributed by atoms with E-state index in [1.807, 2.05) is 30.3 Å². The highest BCUT2D eigenvalue weighted by Gasteiger charge is 2.31. The highest BCUT2D eigenvalue weighted by atomic mass is 16.5. The number of ether oxygens (including phenoxy) is 3. The number of H-pyrrole nitrogens is 1. The predicted molar refractivity (Wildman–Crippen MR) is 139 cm³/mol. The summed E-state index contributed by atoms with van der Waals surface area (Å²) in [5.74, 6) is 1.75. The molecule has 0 radical (unpaired) electrons. The topological polar surface area (TPSA) is 107 Å².